The average Bonchev–Trinajstić information content (AvgIpc) is 3.64. The number of aryl methyl sites for hydroxylation is 4. The molecule has 8 rings (SSSR count). The number of hydrogen-bond acceptors (Lipinski definition) is 4. The van der Waals surface area contributed by atoms with Crippen LogP contribution in [0, 0.1) is 27.7 Å². The van der Waals surface area contributed by atoms with Gasteiger partial charge in [-0.15, -0.1) is 0 Å². The van der Waals surface area contributed by atoms with E-state index in [1.807, 2.05) is 36.7 Å². The minimum Gasteiger partial charge on any atom is -0.276 e. The Hall–Kier alpha value is -5.88. The second kappa shape index (κ2) is 10.9. The molecule has 0 saturated heterocycles. The molecule has 0 unspecified atom stereocenters. The fraction of sp³-hybridized carbons (Fsp3) is 0.100. The second-order valence-corrected chi connectivity index (χ2v) is 11.9. The number of fused-ring (bicyclic) bond motifs is 2. The van der Waals surface area contributed by atoms with Crippen molar-refractivity contribution in [3.8, 4) is 45.3 Å². The van der Waals surface area contributed by atoms with Gasteiger partial charge in [0.2, 0.25) is 0 Å². The lowest BCUT2D eigenvalue weighted by Crippen LogP contribution is -2.03. The third-order valence-electron chi connectivity index (χ3n) is 8.78. The van der Waals surface area contributed by atoms with Crippen LogP contribution in [0.4, 0.5) is 0 Å². The van der Waals surface area contributed by atoms with Crippen LogP contribution in [0.15, 0.2) is 122 Å². The Morgan fingerprint density at radius 1 is 0.391 bits per heavy atom. The maximum atomic E-state index is 5.04. The third kappa shape index (κ3) is 4.49. The lowest BCUT2D eigenvalue weighted by molar-refractivity contribution is 1.04. The molecule has 0 aliphatic rings. The Kier molecular flexibility index (Phi) is 6.57. The van der Waals surface area contributed by atoms with Crippen molar-refractivity contribution in [1.82, 2.24) is 29.1 Å². The van der Waals surface area contributed by atoms with Crippen LogP contribution >= 0.6 is 0 Å². The van der Waals surface area contributed by atoms with E-state index < -0.39 is 0 Å². The molecular formula is C40H32N6. The van der Waals surface area contributed by atoms with Crippen molar-refractivity contribution >= 4 is 22.3 Å². The number of benzene rings is 4. The molecule has 0 fully saturated rings. The molecule has 222 valence electrons. The van der Waals surface area contributed by atoms with Crippen molar-refractivity contribution in [3.63, 3.8) is 0 Å². The average molecular weight is 597 g/mol. The fourth-order valence-corrected chi connectivity index (χ4v) is 6.58. The predicted molar refractivity (Wildman–Crippen MR) is 187 cm³/mol. The number of pyridine rings is 2. The Labute approximate surface area is 267 Å². The molecule has 4 aromatic carbocycles. The van der Waals surface area contributed by atoms with Gasteiger partial charge in [0.25, 0.3) is 0 Å². The highest BCUT2D eigenvalue weighted by atomic mass is 15.1. The molecule has 4 heterocycles. The van der Waals surface area contributed by atoms with E-state index in [2.05, 4.69) is 122 Å². The number of nitrogens with zero attached hydrogens (tertiary/aromatic N) is 6. The quantitative estimate of drug-likeness (QED) is 0.199. The molecule has 0 bridgehead atoms. The van der Waals surface area contributed by atoms with E-state index in [9.17, 15) is 0 Å². The number of rotatable bonds is 5. The largest absolute Gasteiger partial charge is 0.276 e. The second-order valence-electron chi connectivity index (χ2n) is 11.9. The van der Waals surface area contributed by atoms with Crippen molar-refractivity contribution in [3.05, 3.63) is 144 Å². The number of hydrogen-bond donors (Lipinski definition) is 0. The minimum atomic E-state index is 0.858. The van der Waals surface area contributed by atoms with Crippen LogP contribution in [-0.4, -0.2) is 29.1 Å². The summed E-state index contributed by atoms with van der Waals surface area (Å²) in [4.78, 5) is 19.5. The van der Waals surface area contributed by atoms with Gasteiger partial charge in [0.05, 0.1) is 11.4 Å². The first-order valence-corrected chi connectivity index (χ1v) is 15.5. The van der Waals surface area contributed by atoms with Crippen LogP contribution in [0.25, 0.3) is 67.6 Å². The summed E-state index contributed by atoms with van der Waals surface area (Å²) >= 11 is 0. The SMILES string of the molecule is Cc1cccc(C)c1-n1c(-c2ccc(-c3ccc(-c4nc5cccnc5n4-c4c(C)cccc4C)cc3)cc2)nc2cccnc21. The summed E-state index contributed by atoms with van der Waals surface area (Å²) < 4.78 is 4.39. The van der Waals surface area contributed by atoms with Crippen molar-refractivity contribution < 1.29 is 0 Å². The molecule has 0 radical (unpaired) electrons. The van der Waals surface area contributed by atoms with Crippen molar-refractivity contribution in [2.45, 2.75) is 27.7 Å². The van der Waals surface area contributed by atoms with Crippen molar-refractivity contribution in [2.24, 2.45) is 0 Å². The molecule has 0 N–H and O–H groups in total. The van der Waals surface area contributed by atoms with Gasteiger partial charge in [-0.25, -0.2) is 19.9 Å². The molecule has 0 spiro atoms. The predicted octanol–water partition coefficient (Wildman–Crippen LogP) is 9.39. The van der Waals surface area contributed by atoms with Gasteiger partial charge in [0.15, 0.2) is 11.3 Å². The molecule has 8 aromatic rings. The standard InChI is InChI=1S/C40H32N6/c1-25-9-5-10-26(2)35(25)45-37(43-33-13-7-23-41-39(33)45)31-19-15-29(16-20-31)30-17-21-32(22-18-30)38-44-34-14-8-24-42-40(34)46(38)36-27(3)11-6-12-28(36)4/h5-24H,1-4H3. The van der Waals surface area contributed by atoms with E-state index in [-0.39, 0.29) is 0 Å². The number of para-hydroxylation sites is 2. The number of imidazole rings is 2. The molecule has 0 amide bonds. The van der Waals surface area contributed by atoms with E-state index in [4.69, 9.17) is 19.9 Å². The zero-order valence-electron chi connectivity index (χ0n) is 26.2. The summed E-state index contributed by atoms with van der Waals surface area (Å²) in [5, 5.41) is 0. The summed E-state index contributed by atoms with van der Waals surface area (Å²) in [6, 6.07) is 38.0. The maximum absolute atomic E-state index is 5.04. The van der Waals surface area contributed by atoms with Gasteiger partial charge in [-0.05, 0) is 85.3 Å². The van der Waals surface area contributed by atoms with Gasteiger partial charge in [-0.2, -0.15) is 0 Å². The lowest BCUT2D eigenvalue weighted by Gasteiger charge is -2.15. The minimum absolute atomic E-state index is 0.858. The van der Waals surface area contributed by atoms with E-state index in [1.54, 1.807) is 0 Å². The van der Waals surface area contributed by atoms with E-state index >= 15 is 0 Å². The van der Waals surface area contributed by atoms with E-state index in [1.165, 1.54) is 22.3 Å². The van der Waals surface area contributed by atoms with Crippen LogP contribution in [0.2, 0.25) is 0 Å². The van der Waals surface area contributed by atoms with E-state index in [0.29, 0.717) is 0 Å². The Morgan fingerprint density at radius 3 is 1.11 bits per heavy atom. The summed E-state index contributed by atoms with van der Waals surface area (Å²) in [5.41, 5.74) is 14.8. The van der Waals surface area contributed by atoms with Gasteiger partial charge in [-0.3, -0.25) is 9.13 Å². The molecular weight excluding hydrogens is 564 g/mol. The Bertz CT molecular complexity index is 2180. The molecule has 6 heteroatoms. The first-order chi connectivity index (χ1) is 22.5. The topological polar surface area (TPSA) is 61.4 Å². The first-order valence-electron chi connectivity index (χ1n) is 15.5. The van der Waals surface area contributed by atoms with E-state index in [0.717, 1.165) is 67.6 Å². The van der Waals surface area contributed by atoms with Crippen LogP contribution in [-0.2, 0) is 0 Å². The normalized spacial score (nSPS) is 11.5. The molecule has 46 heavy (non-hydrogen) atoms. The highest BCUT2D eigenvalue weighted by Crippen LogP contribution is 2.34. The molecule has 0 aliphatic carbocycles. The lowest BCUT2D eigenvalue weighted by atomic mass is 10.0. The smallest absolute Gasteiger partial charge is 0.164 e. The van der Waals surface area contributed by atoms with Crippen LogP contribution in [0.3, 0.4) is 0 Å². The van der Waals surface area contributed by atoms with Crippen molar-refractivity contribution in [1.29, 1.82) is 0 Å². The molecule has 4 aromatic heterocycles. The zero-order valence-corrected chi connectivity index (χ0v) is 26.2. The highest BCUT2D eigenvalue weighted by Gasteiger charge is 2.20. The van der Waals surface area contributed by atoms with Gasteiger partial charge in [0, 0.05) is 23.5 Å². The van der Waals surface area contributed by atoms with Gasteiger partial charge < -0.3 is 0 Å². The van der Waals surface area contributed by atoms with Crippen LogP contribution < -0.4 is 0 Å². The molecule has 0 atom stereocenters. The Morgan fingerprint density at radius 2 is 0.739 bits per heavy atom. The summed E-state index contributed by atoms with van der Waals surface area (Å²) in [6.07, 6.45) is 3.66. The monoisotopic (exact) mass is 596 g/mol. The fourth-order valence-electron chi connectivity index (χ4n) is 6.58. The van der Waals surface area contributed by atoms with Gasteiger partial charge in [0.1, 0.15) is 22.7 Å². The van der Waals surface area contributed by atoms with Crippen LogP contribution in [0.1, 0.15) is 22.3 Å². The number of aromatic nitrogens is 6. The molecule has 0 aliphatic heterocycles. The van der Waals surface area contributed by atoms with Crippen LogP contribution in [0.5, 0.6) is 0 Å². The zero-order chi connectivity index (χ0) is 31.4. The highest BCUT2D eigenvalue weighted by molar-refractivity contribution is 5.83. The van der Waals surface area contributed by atoms with Gasteiger partial charge in [-0.1, -0.05) is 84.9 Å². The van der Waals surface area contributed by atoms with Crippen molar-refractivity contribution in [2.75, 3.05) is 0 Å². The molecule has 0 saturated carbocycles. The molecule has 6 nitrogen and oxygen atoms in total. The first kappa shape index (κ1) is 27.7. The summed E-state index contributed by atoms with van der Waals surface area (Å²) in [6.45, 7) is 8.56. The summed E-state index contributed by atoms with van der Waals surface area (Å²) in [7, 11) is 0. The third-order valence-corrected chi connectivity index (χ3v) is 8.78. The summed E-state index contributed by atoms with van der Waals surface area (Å²) in [5.74, 6) is 1.76. The Balaban J connectivity index is 1.18. The van der Waals surface area contributed by atoms with Gasteiger partial charge >= 0.3 is 0 Å². The maximum Gasteiger partial charge on any atom is 0.164 e.